The maximum Gasteiger partial charge on any atom is 0.262 e. The number of para-hydroxylation sites is 1. The van der Waals surface area contributed by atoms with Crippen LogP contribution in [0.2, 0.25) is 0 Å². The number of hydrogen-bond acceptors (Lipinski definition) is 5. The monoisotopic (exact) mass is 603 g/mol. The van der Waals surface area contributed by atoms with Gasteiger partial charge in [0.25, 0.3) is 5.91 Å². The van der Waals surface area contributed by atoms with Gasteiger partial charge < -0.3 is 29.6 Å². The molecule has 1 fully saturated rings. The van der Waals surface area contributed by atoms with Crippen molar-refractivity contribution in [3.63, 3.8) is 0 Å². The van der Waals surface area contributed by atoms with E-state index in [1.807, 2.05) is 91.0 Å². The zero-order chi connectivity index (χ0) is 30.6. The van der Waals surface area contributed by atoms with Gasteiger partial charge >= 0.3 is 0 Å². The molecule has 0 unspecified atom stereocenters. The Morgan fingerprint density at radius 1 is 0.909 bits per heavy atom. The van der Waals surface area contributed by atoms with E-state index < -0.39 is 0 Å². The number of pyridine rings is 1. The van der Waals surface area contributed by atoms with Crippen LogP contribution < -0.4 is 25.0 Å². The molecule has 1 aliphatic rings. The van der Waals surface area contributed by atoms with Gasteiger partial charge in [-0.25, -0.2) is 0 Å². The maximum absolute atomic E-state index is 12.6. The lowest BCUT2D eigenvalue weighted by atomic mass is 9.96. The van der Waals surface area contributed by atoms with Gasteiger partial charge in [0.15, 0.2) is 11.7 Å². The molecule has 0 spiro atoms. The van der Waals surface area contributed by atoms with Gasteiger partial charge in [-0.3, -0.25) is 9.78 Å². The Bertz CT molecular complexity index is 1770. The minimum Gasteiger partial charge on any atom is -0.497 e. The van der Waals surface area contributed by atoms with Crippen LogP contribution in [-0.2, 0) is 4.79 Å². The quantitative estimate of drug-likeness (QED) is 0.182. The molecular formula is C35H33N5O3S. The van der Waals surface area contributed by atoms with E-state index in [0.717, 1.165) is 39.8 Å². The molecule has 8 nitrogen and oxygen atoms in total. The Hall–Kier alpha value is -5.15. The molecule has 2 N–H and O–H groups in total. The van der Waals surface area contributed by atoms with Crippen molar-refractivity contribution in [2.24, 2.45) is 0 Å². The van der Waals surface area contributed by atoms with Crippen molar-refractivity contribution in [3.05, 3.63) is 132 Å². The van der Waals surface area contributed by atoms with Crippen LogP contribution in [0.15, 0.2) is 109 Å². The number of benzene rings is 3. The summed E-state index contributed by atoms with van der Waals surface area (Å²) in [6.45, 7) is 4.16. The minimum atomic E-state index is -0.238. The lowest BCUT2D eigenvalue weighted by Crippen LogP contribution is -2.29. The number of aryl methyl sites for hydroxylation is 1. The lowest BCUT2D eigenvalue weighted by Gasteiger charge is -2.28. The average Bonchev–Trinajstić information content (AvgIpc) is 3.55. The second-order valence-electron chi connectivity index (χ2n) is 10.6. The summed E-state index contributed by atoms with van der Waals surface area (Å²) in [6.07, 6.45) is 1.80. The second-order valence-corrected chi connectivity index (χ2v) is 10.9. The Labute approximate surface area is 262 Å². The van der Waals surface area contributed by atoms with Gasteiger partial charge in [0, 0.05) is 40.7 Å². The Morgan fingerprint density at radius 3 is 2.39 bits per heavy atom. The Balaban J connectivity index is 1.31. The molecule has 44 heavy (non-hydrogen) atoms. The lowest BCUT2D eigenvalue weighted by molar-refractivity contribution is -0.118. The van der Waals surface area contributed by atoms with Crippen molar-refractivity contribution >= 4 is 34.6 Å². The standard InChI is InChI=1S/C35H33N5O3S/c1-23-20-30(24(2)39(23)27-10-9-13-29(21-27)42-3)34-33(31-14-7-8-19-36-31)38-35(44)40(34)26-17-15-25(16-18-26)37-32(41)22-43-28-11-5-4-6-12-28/h4-21,33-34H,22H2,1-3H3,(H,37,41)(H,38,44)/t33-,34+/m0/s1. The molecule has 1 saturated heterocycles. The van der Waals surface area contributed by atoms with E-state index in [2.05, 4.69) is 46.1 Å². The van der Waals surface area contributed by atoms with Gasteiger partial charge in [-0.15, -0.1) is 0 Å². The number of carbonyl (C=O) groups is 1. The number of nitrogens with zero attached hydrogens (tertiary/aromatic N) is 3. The normalized spacial score (nSPS) is 16.0. The number of ether oxygens (including phenoxy) is 2. The zero-order valence-corrected chi connectivity index (χ0v) is 25.5. The van der Waals surface area contributed by atoms with Crippen LogP contribution in [0, 0.1) is 13.8 Å². The molecule has 1 amide bonds. The van der Waals surface area contributed by atoms with Gasteiger partial charge in [0.2, 0.25) is 0 Å². The molecule has 9 heteroatoms. The summed E-state index contributed by atoms with van der Waals surface area (Å²) in [5, 5.41) is 7.05. The molecule has 0 bridgehead atoms. The molecule has 5 aromatic rings. The Morgan fingerprint density at radius 2 is 1.66 bits per heavy atom. The van der Waals surface area contributed by atoms with Gasteiger partial charge in [0.1, 0.15) is 11.5 Å². The first-order valence-electron chi connectivity index (χ1n) is 14.3. The van der Waals surface area contributed by atoms with Crippen LogP contribution in [0.25, 0.3) is 5.69 Å². The molecule has 3 heterocycles. The van der Waals surface area contributed by atoms with E-state index in [4.69, 9.17) is 26.7 Å². The fourth-order valence-corrected chi connectivity index (χ4v) is 6.10. The summed E-state index contributed by atoms with van der Waals surface area (Å²) in [7, 11) is 1.68. The molecular weight excluding hydrogens is 570 g/mol. The van der Waals surface area contributed by atoms with Crippen LogP contribution >= 0.6 is 12.2 Å². The number of thiocarbonyl (C=S) groups is 1. The largest absolute Gasteiger partial charge is 0.497 e. The van der Waals surface area contributed by atoms with Gasteiger partial charge in [-0.2, -0.15) is 0 Å². The third-order valence-corrected chi connectivity index (χ3v) is 8.06. The van der Waals surface area contributed by atoms with Crippen LogP contribution in [0.3, 0.4) is 0 Å². The molecule has 2 atom stereocenters. The third-order valence-electron chi connectivity index (χ3n) is 7.74. The van der Waals surface area contributed by atoms with E-state index in [9.17, 15) is 4.79 Å². The van der Waals surface area contributed by atoms with E-state index >= 15 is 0 Å². The molecule has 3 aromatic carbocycles. The van der Waals surface area contributed by atoms with Gasteiger partial charge in [0.05, 0.1) is 24.9 Å². The molecule has 0 saturated carbocycles. The van der Waals surface area contributed by atoms with Gasteiger partial charge in [-0.1, -0.05) is 30.3 Å². The molecule has 0 radical (unpaired) electrons. The smallest absolute Gasteiger partial charge is 0.262 e. The highest BCUT2D eigenvalue weighted by molar-refractivity contribution is 7.80. The number of methoxy groups -OCH3 is 1. The van der Waals surface area contributed by atoms with Crippen molar-refractivity contribution in [1.82, 2.24) is 14.9 Å². The molecule has 6 rings (SSSR count). The second kappa shape index (κ2) is 12.6. The van der Waals surface area contributed by atoms with Crippen LogP contribution in [-0.4, -0.2) is 34.3 Å². The number of anilines is 2. The SMILES string of the molecule is COc1cccc(-n2c(C)cc([C@@H]3[C@H](c4ccccn4)NC(=S)N3c3ccc(NC(=O)COc4ccccc4)cc3)c2C)c1. The van der Waals surface area contributed by atoms with E-state index in [0.29, 0.717) is 16.5 Å². The van der Waals surface area contributed by atoms with Gasteiger partial charge in [-0.05, 0) is 98.4 Å². The third kappa shape index (κ3) is 5.87. The molecule has 2 aromatic heterocycles. The van der Waals surface area contributed by atoms with E-state index in [1.165, 1.54) is 0 Å². The topological polar surface area (TPSA) is 80.7 Å². The summed E-state index contributed by atoms with van der Waals surface area (Å²) in [5.41, 5.74) is 6.81. The van der Waals surface area contributed by atoms with E-state index in [1.54, 1.807) is 13.3 Å². The highest BCUT2D eigenvalue weighted by Crippen LogP contribution is 2.44. The number of aromatic nitrogens is 2. The van der Waals surface area contributed by atoms with Crippen LogP contribution in [0.5, 0.6) is 11.5 Å². The highest BCUT2D eigenvalue weighted by Gasteiger charge is 2.42. The van der Waals surface area contributed by atoms with Crippen LogP contribution in [0.4, 0.5) is 11.4 Å². The first-order chi connectivity index (χ1) is 21.4. The summed E-state index contributed by atoms with van der Waals surface area (Å²) in [5.74, 6) is 1.21. The highest BCUT2D eigenvalue weighted by atomic mass is 32.1. The number of amides is 1. The molecule has 222 valence electrons. The van der Waals surface area contributed by atoms with Crippen molar-refractivity contribution in [2.75, 3.05) is 23.9 Å². The first kappa shape index (κ1) is 28.9. The number of carbonyl (C=O) groups excluding carboxylic acids is 1. The van der Waals surface area contributed by atoms with Crippen molar-refractivity contribution in [1.29, 1.82) is 0 Å². The van der Waals surface area contributed by atoms with Crippen molar-refractivity contribution in [2.45, 2.75) is 25.9 Å². The number of rotatable bonds is 9. The molecule has 0 aliphatic carbocycles. The van der Waals surface area contributed by atoms with Crippen molar-refractivity contribution in [3.8, 4) is 17.2 Å². The fraction of sp³-hybridized carbons (Fsp3) is 0.171. The van der Waals surface area contributed by atoms with Crippen molar-refractivity contribution < 1.29 is 14.3 Å². The summed E-state index contributed by atoms with van der Waals surface area (Å²) in [6, 6.07) is 32.8. The Kier molecular flexibility index (Phi) is 8.29. The summed E-state index contributed by atoms with van der Waals surface area (Å²) >= 11 is 5.95. The fourth-order valence-electron chi connectivity index (χ4n) is 5.75. The van der Waals surface area contributed by atoms with E-state index in [-0.39, 0.29) is 24.6 Å². The summed E-state index contributed by atoms with van der Waals surface area (Å²) in [4.78, 5) is 19.4. The number of hydrogen-bond donors (Lipinski definition) is 2. The number of nitrogens with one attached hydrogen (secondary N) is 2. The first-order valence-corrected chi connectivity index (χ1v) is 14.8. The predicted octanol–water partition coefficient (Wildman–Crippen LogP) is 6.69. The zero-order valence-electron chi connectivity index (χ0n) is 24.7. The average molecular weight is 604 g/mol. The molecule has 1 aliphatic heterocycles. The maximum atomic E-state index is 12.6. The predicted molar refractivity (Wildman–Crippen MR) is 177 cm³/mol. The minimum absolute atomic E-state index is 0.0807. The summed E-state index contributed by atoms with van der Waals surface area (Å²) < 4.78 is 13.3. The van der Waals surface area contributed by atoms with Crippen LogP contribution in [0.1, 0.15) is 34.7 Å².